The molecule has 1 amide bonds. The average Bonchev–Trinajstić information content (AvgIpc) is 2.16. The smallest absolute Gasteiger partial charge is 0.251 e. The predicted octanol–water partition coefficient (Wildman–Crippen LogP) is -0.0474. The van der Waals surface area contributed by atoms with Crippen LogP contribution in [-0.4, -0.2) is 54.5 Å². The number of aliphatic hydroxyl groups excluding tert-OH is 1. The van der Waals surface area contributed by atoms with Crippen LogP contribution < -0.4 is 0 Å². The highest BCUT2D eigenvalue weighted by molar-refractivity contribution is 5.80. The molecule has 3 atom stereocenters. The summed E-state index contributed by atoms with van der Waals surface area (Å²) in [5.41, 5.74) is 0. The van der Waals surface area contributed by atoms with E-state index in [1.807, 2.05) is 0 Å². The van der Waals surface area contributed by atoms with Gasteiger partial charge in [-0.05, 0) is 13.3 Å². The zero-order valence-corrected chi connectivity index (χ0v) is 8.44. The highest BCUT2D eigenvalue weighted by atomic mass is 19.1. The van der Waals surface area contributed by atoms with Crippen molar-refractivity contribution in [1.82, 2.24) is 4.90 Å². The third-order valence-electron chi connectivity index (χ3n) is 2.45. The van der Waals surface area contributed by atoms with Gasteiger partial charge < -0.3 is 14.7 Å². The van der Waals surface area contributed by atoms with E-state index in [4.69, 9.17) is 9.84 Å². The van der Waals surface area contributed by atoms with E-state index in [1.54, 1.807) is 0 Å². The Balaban J connectivity index is 2.50. The quantitative estimate of drug-likeness (QED) is 0.687. The molecule has 14 heavy (non-hydrogen) atoms. The van der Waals surface area contributed by atoms with Crippen LogP contribution in [0.2, 0.25) is 0 Å². The Morgan fingerprint density at radius 3 is 2.79 bits per heavy atom. The zero-order chi connectivity index (χ0) is 10.7. The van der Waals surface area contributed by atoms with Crippen molar-refractivity contribution in [3.8, 4) is 0 Å². The summed E-state index contributed by atoms with van der Waals surface area (Å²) in [5.74, 6) is -0.415. The monoisotopic (exact) mass is 205 g/mol. The molecular formula is C9H16FNO3. The van der Waals surface area contributed by atoms with Crippen LogP contribution in [0, 0.1) is 0 Å². The second kappa shape index (κ2) is 4.70. The van der Waals surface area contributed by atoms with E-state index in [1.165, 1.54) is 18.9 Å². The van der Waals surface area contributed by atoms with Gasteiger partial charge in [0.15, 0.2) is 0 Å². The van der Waals surface area contributed by atoms with Gasteiger partial charge in [-0.25, -0.2) is 4.39 Å². The van der Waals surface area contributed by atoms with Gasteiger partial charge in [0.1, 0.15) is 12.3 Å². The minimum Gasteiger partial charge on any atom is -0.384 e. The van der Waals surface area contributed by atoms with E-state index in [0.29, 0.717) is 13.0 Å². The molecule has 4 nitrogen and oxygen atoms in total. The molecule has 82 valence electrons. The largest absolute Gasteiger partial charge is 0.384 e. The second-order valence-electron chi connectivity index (χ2n) is 3.54. The van der Waals surface area contributed by atoms with Gasteiger partial charge in [-0.2, -0.15) is 0 Å². The molecule has 0 aromatic heterocycles. The van der Waals surface area contributed by atoms with Crippen LogP contribution in [0.25, 0.3) is 0 Å². The number of ether oxygens (including phenoxy) is 1. The van der Waals surface area contributed by atoms with Crippen molar-refractivity contribution < 1.29 is 19.0 Å². The first-order valence-electron chi connectivity index (χ1n) is 4.70. The maximum Gasteiger partial charge on any atom is 0.251 e. The molecule has 1 aliphatic rings. The number of methoxy groups -OCH3 is 1. The van der Waals surface area contributed by atoms with Gasteiger partial charge >= 0.3 is 0 Å². The van der Waals surface area contributed by atoms with Crippen molar-refractivity contribution in [2.75, 3.05) is 20.2 Å². The Hall–Kier alpha value is -0.680. The van der Waals surface area contributed by atoms with Gasteiger partial charge in [-0.3, -0.25) is 4.79 Å². The topological polar surface area (TPSA) is 49.8 Å². The molecule has 1 rings (SSSR count). The Kier molecular flexibility index (Phi) is 3.83. The number of amides is 1. The van der Waals surface area contributed by atoms with Crippen molar-refractivity contribution in [2.45, 2.75) is 31.7 Å². The van der Waals surface area contributed by atoms with Crippen LogP contribution in [0.5, 0.6) is 0 Å². The third kappa shape index (κ3) is 2.42. The minimum absolute atomic E-state index is 0.0161. The van der Waals surface area contributed by atoms with Crippen molar-refractivity contribution >= 4 is 5.91 Å². The van der Waals surface area contributed by atoms with Crippen molar-refractivity contribution in [3.63, 3.8) is 0 Å². The fourth-order valence-corrected chi connectivity index (χ4v) is 1.61. The molecule has 0 aromatic carbocycles. The Labute approximate surface area is 82.6 Å². The molecule has 0 spiro atoms. The summed E-state index contributed by atoms with van der Waals surface area (Å²) in [4.78, 5) is 12.6. The van der Waals surface area contributed by atoms with Gasteiger partial charge in [0.05, 0.1) is 12.6 Å². The highest BCUT2D eigenvalue weighted by Crippen LogP contribution is 2.17. The van der Waals surface area contributed by atoms with Crippen LogP contribution in [0.15, 0.2) is 0 Å². The van der Waals surface area contributed by atoms with E-state index in [-0.39, 0.29) is 6.54 Å². The summed E-state index contributed by atoms with van der Waals surface area (Å²) in [6, 6.07) is 0. The molecule has 1 aliphatic heterocycles. The predicted molar refractivity (Wildman–Crippen MR) is 48.6 cm³/mol. The lowest BCUT2D eigenvalue weighted by Gasteiger charge is -2.34. The number of hydrogen-bond donors (Lipinski definition) is 1. The maximum atomic E-state index is 13.3. The number of alkyl halides is 1. The molecule has 1 fully saturated rings. The number of carbonyl (C=O) groups excluding carboxylic acids is 1. The molecule has 0 radical (unpaired) electrons. The van der Waals surface area contributed by atoms with Gasteiger partial charge in [0.2, 0.25) is 0 Å². The van der Waals surface area contributed by atoms with Crippen molar-refractivity contribution in [2.24, 2.45) is 0 Å². The lowest BCUT2D eigenvalue weighted by atomic mass is 10.1. The molecule has 1 heterocycles. The second-order valence-corrected chi connectivity index (χ2v) is 3.54. The van der Waals surface area contributed by atoms with Gasteiger partial charge in [-0.1, -0.05) is 0 Å². The van der Waals surface area contributed by atoms with E-state index in [9.17, 15) is 9.18 Å². The Morgan fingerprint density at radius 2 is 2.36 bits per heavy atom. The number of nitrogens with zero attached hydrogens (tertiary/aromatic N) is 1. The van der Waals surface area contributed by atoms with Crippen LogP contribution in [-0.2, 0) is 9.53 Å². The van der Waals surface area contributed by atoms with Gasteiger partial charge in [0, 0.05) is 13.7 Å². The standard InChI is InChI=1S/C9H16FNO3/c1-6(12)9(13)11-4-3-8(14-2)7(10)5-11/h6-8,12H,3-5H2,1-2H3/t6-,7+,8-/m0/s1. The van der Waals surface area contributed by atoms with Gasteiger partial charge in [0.25, 0.3) is 5.91 Å². The number of rotatable bonds is 2. The van der Waals surface area contributed by atoms with Crippen molar-refractivity contribution in [1.29, 1.82) is 0 Å². The molecule has 0 aromatic rings. The summed E-state index contributed by atoms with van der Waals surface area (Å²) in [6.45, 7) is 1.85. The number of aliphatic hydroxyl groups is 1. The summed E-state index contributed by atoms with van der Waals surface area (Å²) < 4.78 is 18.2. The lowest BCUT2D eigenvalue weighted by molar-refractivity contribution is -0.144. The van der Waals surface area contributed by atoms with Crippen molar-refractivity contribution in [3.05, 3.63) is 0 Å². The van der Waals surface area contributed by atoms with Crippen LogP contribution in [0.3, 0.4) is 0 Å². The SMILES string of the molecule is CO[C@H]1CCN(C(=O)[C@H](C)O)C[C@H]1F. The summed E-state index contributed by atoms with van der Waals surface area (Å²) in [6.07, 6.45) is -2.15. The average molecular weight is 205 g/mol. The maximum absolute atomic E-state index is 13.3. The first kappa shape index (κ1) is 11.4. The summed E-state index contributed by atoms with van der Waals surface area (Å²) in [5, 5.41) is 9.04. The fourth-order valence-electron chi connectivity index (χ4n) is 1.61. The molecule has 0 aliphatic carbocycles. The number of halogens is 1. The van der Waals surface area contributed by atoms with E-state index >= 15 is 0 Å². The van der Waals surface area contributed by atoms with Crippen LogP contribution in [0.1, 0.15) is 13.3 Å². The Morgan fingerprint density at radius 1 is 1.71 bits per heavy atom. The molecule has 0 unspecified atom stereocenters. The third-order valence-corrected chi connectivity index (χ3v) is 2.45. The first-order valence-corrected chi connectivity index (χ1v) is 4.70. The van der Waals surface area contributed by atoms with Gasteiger partial charge in [-0.15, -0.1) is 0 Å². The molecule has 0 saturated carbocycles. The molecule has 1 saturated heterocycles. The number of piperidine rings is 1. The van der Waals surface area contributed by atoms with E-state index in [0.717, 1.165) is 0 Å². The normalized spacial score (nSPS) is 30.1. The zero-order valence-electron chi connectivity index (χ0n) is 8.44. The van der Waals surface area contributed by atoms with Crippen LogP contribution in [0.4, 0.5) is 4.39 Å². The van der Waals surface area contributed by atoms with E-state index < -0.39 is 24.3 Å². The molecule has 0 bridgehead atoms. The fraction of sp³-hybridized carbons (Fsp3) is 0.889. The first-order chi connectivity index (χ1) is 6.56. The lowest BCUT2D eigenvalue weighted by Crippen LogP contribution is -2.50. The molecular weight excluding hydrogens is 189 g/mol. The number of likely N-dealkylation sites (tertiary alicyclic amines) is 1. The number of carbonyl (C=O) groups is 1. The Bertz CT molecular complexity index is 210. The summed E-state index contributed by atoms with van der Waals surface area (Å²) >= 11 is 0. The number of hydrogen-bond acceptors (Lipinski definition) is 3. The minimum atomic E-state index is -1.16. The van der Waals surface area contributed by atoms with Crippen LogP contribution >= 0.6 is 0 Å². The molecule has 5 heteroatoms. The van der Waals surface area contributed by atoms with E-state index in [2.05, 4.69) is 0 Å². The highest BCUT2D eigenvalue weighted by Gasteiger charge is 2.32. The molecule has 1 N–H and O–H groups in total. The summed E-state index contributed by atoms with van der Waals surface area (Å²) in [7, 11) is 1.46.